The first-order valence-electron chi connectivity index (χ1n) is 25.2. The zero-order valence-electron chi connectivity index (χ0n) is 41.4. The molecule has 3 N–H and O–H groups in total. The van der Waals surface area contributed by atoms with E-state index < -0.39 is 17.4 Å². The third kappa shape index (κ3) is 21.5. The number of hydrogen-bond acceptors (Lipinski definition) is 12. The Morgan fingerprint density at radius 3 is 2.00 bits per heavy atom. The predicted molar refractivity (Wildman–Crippen MR) is 257 cm³/mol. The monoisotopic (exact) mass is 944 g/mol. The maximum Gasteiger partial charge on any atom is 0.253 e. The first-order valence-corrected chi connectivity index (χ1v) is 25.2. The highest BCUT2D eigenvalue weighted by Crippen LogP contribution is 2.60. The van der Waals surface area contributed by atoms with E-state index >= 15 is 0 Å². The highest BCUT2D eigenvalue weighted by atomic mass is 16.6. The number of carbonyl (C=O) groups excluding carboxylic acids is 4. The van der Waals surface area contributed by atoms with Crippen LogP contribution in [-0.2, 0) is 52.3 Å². The Kier molecular flexibility index (Phi) is 26.1. The number of hydrogen-bond donors (Lipinski definition) is 3. The molecule has 67 heavy (non-hydrogen) atoms. The van der Waals surface area contributed by atoms with Crippen LogP contribution in [0.4, 0.5) is 0 Å². The van der Waals surface area contributed by atoms with E-state index in [0.29, 0.717) is 123 Å². The third-order valence-corrected chi connectivity index (χ3v) is 13.7. The van der Waals surface area contributed by atoms with Crippen LogP contribution in [0.2, 0.25) is 0 Å². The highest BCUT2D eigenvalue weighted by molar-refractivity contribution is 6.13. The van der Waals surface area contributed by atoms with E-state index in [1.54, 1.807) is 5.57 Å². The molecule has 380 valence electrons. The summed E-state index contributed by atoms with van der Waals surface area (Å²) in [7, 11) is 0. The lowest BCUT2D eigenvalue weighted by Crippen LogP contribution is -2.36. The molecule has 4 rings (SSSR count). The van der Waals surface area contributed by atoms with Crippen molar-refractivity contribution in [3.63, 3.8) is 0 Å². The Hall–Kier alpha value is -3.28. The van der Waals surface area contributed by atoms with E-state index in [4.69, 9.17) is 33.2 Å². The Balaban J connectivity index is 0.898. The van der Waals surface area contributed by atoms with E-state index in [-0.39, 0.29) is 30.9 Å². The van der Waals surface area contributed by atoms with Crippen molar-refractivity contribution in [2.75, 3.05) is 106 Å². The molecule has 1 heterocycles. The fraction of sp³-hybridized carbons (Fsp3) is 0.769. The van der Waals surface area contributed by atoms with Gasteiger partial charge in [-0.05, 0) is 107 Å². The van der Waals surface area contributed by atoms with Crippen molar-refractivity contribution in [1.82, 2.24) is 15.5 Å². The number of allylic oxidation sites excluding steroid dienone is 4. The van der Waals surface area contributed by atoms with Crippen LogP contribution in [-0.4, -0.2) is 151 Å². The molecule has 0 aromatic heterocycles. The second-order valence-electron chi connectivity index (χ2n) is 19.4. The largest absolute Gasteiger partial charge is 0.390 e. The number of amides is 4. The van der Waals surface area contributed by atoms with Crippen LogP contribution in [0.15, 0.2) is 47.6 Å². The molecule has 0 aromatic rings. The molecule has 3 saturated carbocycles. The molecule has 4 aliphatic rings. The van der Waals surface area contributed by atoms with E-state index in [1.165, 1.54) is 61.8 Å². The smallest absolute Gasteiger partial charge is 0.253 e. The fourth-order valence-electron chi connectivity index (χ4n) is 10.0. The van der Waals surface area contributed by atoms with E-state index in [1.807, 2.05) is 13.8 Å². The molecule has 5 atom stereocenters. The molecular weight excluding hydrogens is 859 g/mol. The van der Waals surface area contributed by atoms with Gasteiger partial charge in [0.15, 0.2) is 0 Å². The fourth-order valence-corrected chi connectivity index (χ4v) is 10.0. The lowest BCUT2D eigenvalue weighted by Gasteiger charge is -2.44. The minimum Gasteiger partial charge on any atom is -0.390 e. The molecule has 1 aliphatic heterocycles. The minimum atomic E-state index is -0.575. The number of imide groups is 1. The molecular formula is C52H85N3O12. The number of aliphatic hydroxyl groups is 1. The maximum atomic E-state index is 12.3. The van der Waals surface area contributed by atoms with Crippen molar-refractivity contribution >= 4 is 23.6 Å². The normalized spacial score (nSPS) is 23.7. The summed E-state index contributed by atoms with van der Waals surface area (Å²) < 4.78 is 39.3. The second kappa shape index (κ2) is 31.0. The Bertz CT molecular complexity index is 1610. The van der Waals surface area contributed by atoms with Gasteiger partial charge in [0, 0.05) is 51.2 Å². The summed E-state index contributed by atoms with van der Waals surface area (Å²) in [5, 5.41) is 15.9. The maximum absolute atomic E-state index is 12.3. The molecule has 3 fully saturated rings. The van der Waals surface area contributed by atoms with Gasteiger partial charge in [0.25, 0.3) is 11.8 Å². The zero-order valence-corrected chi connectivity index (χ0v) is 41.4. The van der Waals surface area contributed by atoms with Gasteiger partial charge in [-0.1, -0.05) is 56.6 Å². The van der Waals surface area contributed by atoms with Crippen LogP contribution >= 0.6 is 0 Å². The molecule has 0 bridgehead atoms. The lowest BCUT2D eigenvalue weighted by atomic mass is 9.60. The van der Waals surface area contributed by atoms with E-state index in [2.05, 4.69) is 43.2 Å². The molecule has 4 amide bonds. The van der Waals surface area contributed by atoms with Crippen LogP contribution in [0.5, 0.6) is 0 Å². The molecule has 15 nitrogen and oxygen atoms in total. The van der Waals surface area contributed by atoms with Gasteiger partial charge in [0.05, 0.1) is 91.0 Å². The van der Waals surface area contributed by atoms with Gasteiger partial charge in [-0.25, -0.2) is 0 Å². The van der Waals surface area contributed by atoms with E-state index in [0.717, 1.165) is 49.3 Å². The van der Waals surface area contributed by atoms with Crippen LogP contribution < -0.4 is 10.6 Å². The molecule has 0 unspecified atom stereocenters. The molecule has 0 radical (unpaired) electrons. The number of rotatable bonds is 35. The summed E-state index contributed by atoms with van der Waals surface area (Å²) in [5.41, 5.74) is 3.99. The molecule has 15 heteroatoms. The quantitative estimate of drug-likeness (QED) is 0.0486. The molecule has 3 aliphatic carbocycles. The van der Waals surface area contributed by atoms with Gasteiger partial charge in [0.1, 0.15) is 0 Å². The minimum absolute atomic E-state index is 0.0303. The van der Waals surface area contributed by atoms with Crippen molar-refractivity contribution in [1.29, 1.82) is 0 Å². The molecule has 0 aromatic carbocycles. The average molecular weight is 944 g/mol. The van der Waals surface area contributed by atoms with Gasteiger partial charge in [-0.15, -0.1) is 0 Å². The number of carbonyl (C=O) groups is 4. The predicted octanol–water partition coefficient (Wildman–Crippen LogP) is 6.19. The zero-order chi connectivity index (χ0) is 48.3. The van der Waals surface area contributed by atoms with Crippen molar-refractivity contribution in [2.24, 2.45) is 23.2 Å². The topological polar surface area (TPSA) is 180 Å². The number of nitrogens with one attached hydrogen (secondary N) is 2. The summed E-state index contributed by atoms with van der Waals surface area (Å²) in [6, 6.07) is 0. The summed E-state index contributed by atoms with van der Waals surface area (Å²) in [4.78, 5) is 48.2. The number of nitrogens with zero attached hydrogens (tertiary/aromatic N) is 1. The first-order chi connectivity index (χ1) is 32.3. The molecule has 0 spiro atoms. The van der Waals surface area contributed by atoms with Gasteiger partial charge < -0.3 is 48.9 Å². The summed E-state index contributed by atoms with van der Waals surface area (Å²) >= 11 is 0. The van der Waals surface area contributed by atoms with Gasteiger partial charge in [-0.2, -0.15) is 0 Å². The summed E-state index contributed by atoms with van der Waals surface area (Å²) in [5.74, 6) is 1.03. The van der Waals surface area contributed by atoms with Crippen molar-refractivity contribution in [3.8, 4) is 0 Å². The Morgan fingerprint density at radius 1 is 0.791 bits per heavy atom. The Labute approximate surface area is 401 Å². The third-order valence-electron chi connectivity index (χ3n) is 13.7. The first kappa shape index (κ1) is 56.3. The number of fused-ring (bicyclic) bond motifs is 1. The standard InChI is InChI=1S/C52H85N3O12/c1-40-11-14-44(39-43(40)13-12-42-10-7-22-52(5)45(15-16-46(42)52)41(2)9-6-21-51(3,4)60)67-26-8-23-53-48(57)20-27-61-29-31-63-33-35-65-37-38-66-36-34-64-32-30-62-28-24-54-47(56)19-25-55-49(58)17-18-50(55)59/h12-13,17-18,41,44-46,60H,1,6-11,14-16,19-39H2,2-5H3,(H,53,57)(H,54,56)/b42-12?,43-13-/t41-,44+,45-,46+,52-/m1/s1. The van der Waals surface area contributed by atoms with E-state index in [9.17, 15) is 24.3 Å². The van der Waals surface area contributed by atoms with Crippen LogP contribution in [0.1, 0.15) is 118 Å². The van der Waals surface area contributed by atoms with Gasteiger partial charge >= 0.3 is 0 Å². The van der Waals surface area contributed by atoms with Crippen molar-refractivity contribution < 1.29 is 57.4 Å². The Morgan fingerprint density at radius 2 is 1.37 bits per heavy atom. The van der Waals surface area contributed by atoms with Crippen molar-refractivity contribution in [2.45, 2.75) is 129 Å². The van der Waals surface area contributed by atoms with Crippen LogP contribution in [0.25, 0.3) is 0 Å². The van der Waals surface area contributed by atoms with Gasteiger partial charge in [-0.3, -0.25) is 24.1 Å². The van der Waals surface area contributed by atoms with Crippen molar-refractivity contribution in [3.05, 3.63) is 47.6 Å². The van der Waals surface area contributed by atoms with Crippen LogP contribution in [0.3, 0.4) is 0 Å². The number of ether oxygens (including phenoxy) is 7. The summed E-state index contributed by atoms with van der Waals surface area (Å²) in [6.45, 7) is 19.7. The molecule has 0 saturated heterocycles. The summed E-state index contributed by atoms with van der Waals surface area (Å²) in [6.07, 6.45) is 20.9. The van der Waals surface area contributed by atoms with Crippen LogP contribution in [0, 0.1) is 23.2 Å². The van der Waals surface area contributed by atoms with Gasteiger partial charge in [0.2, 0.25) is 11.8 Å². The average Bonchev–Trinajstić information content (AvgIpc) is 3.82. The lowest BCUT2D eigenvalue weighted by molar-refractivity contribution is -0.137. The second-order valence-corrected chi connectivity index (χ2v) is 19.4. The SMILES string of the molecule is C=C1CC[C@H](OCCCNC(=O)CCOCCOCCOCCOCCOCCOCCNC(=O)CCN2C(=O)C=CC2=O)C/C1=C/C=C1CCC[C@]2(C)[C@@H]([C@H](C)CCCC(C)(C)O)CC[C@@H]12. The highest BCUT2D eigenvalue weighted by Gasteiger charge is 2.50.